The molecular formula is C10H12O3. The maximum absolute atomic E-state index is 10.5. The van der Waals surface area contributed by atoms with E-state index in [1.54, 1.807) is 0 Å². The normalized spacial score (nSPS) is 13.7. The first-order valence-corrected chi connectivity index (χ1v) is 4.10. The third-order valence-corrected chi connectivity index (χ3v) is 1.83. The molecule has 1 heterocycles. The molecule has 1 N–H and O–H groups in total. The van der Waals surface area contributed by atoms with Crippen LogP contribution in [-0.4, -0.2) is 11.1 Å². The molecule has 1 rings (SSSR count). The summed E-state index contributed by atoms with van der Waals surface area (Å²) in [7, 11) is 0. The average molecular weight is 180 g/mol. The molecule has 3 heteroatoms. The summed E-state index contributed by atoms with van der Waals surface area (Å²) in [6.07, 6.45) is 5.19. The van der Waals surface area contributed by atoms with Gasteiger partial charge in [-0.3, -0.25) is 4.79 Å². The molecule has 0 amide bonds. The highest BCUT2D eigenvalue weighted by atomic mass is 16.4. The predicted octanol–water partition coefficient (Wildman–Crippen LogP) is 0.508. The zero-order valence-corrected chi connectivity index (χ0v) is 7.70. The molecule has 0 saturated heterocycles. The average Bonchev–Trinajstić information content (AvgIpc) is 2.45. The highest BCUT2D eigenvalue weighted by molar-refractivity contribution is 5.70. The van der Waals surface area contributed by atoms with Gasteiger partial charge in [0.2, 0.25) is 0 Å². The van der Waals surface area contributed by atoms with Gasteiger partial charge in [-0.2, -0.15) is 0 Å². The van der Waals surface area contributed by atoms with E-state index in [2.05, 4.69) is 0 Å². The number of rotatable bonds is 2. The van der Waals surface area contributed by atoms with Crippen molar-refractivity contribution in [2.75, 3.05) is 0 Å². The molecule has 70 valence electrons. The summed E-state index contributed by atoms with van der Waals surface area (Å²) >= 11 is 0. The number of carbonyl (C=O) groups is 1. The standard InChI is InChI=1S/C10H12O3/c1-3-8-7(5-10(11)12)6-13-9(8)4-2/h3-4,6H,5H2,1-2H3,(H,11,12). The van der Waals surface area contributed by atoms with E-state index in [1.807, 2.05) is 26.0 Å². The molecule has 0 aliphatic rings. The minimum atomic E-state index is -0.841. The summed E-state index contributed by atoms with van der Waals surface area (Å²) in [6, 6.07) is 0. The Balaban J connectivity index is 3.26. The first kappa shape index (κ1) is 9.58. The third kappa shape index (κ3) is 1.99. The van der Waals surface area contributed by atoms with E-state index in [1.165, 1.54) is 6.26 Å². The first-order chi connectivity index (χ1) is 6.19. The minimum absolute atomic E-state index is 0.0109. The zero-order chi connectivity index (χ0) is 9.84. The quantitative estimate of drug-likeness (QED) is 0.721. The van der Waals surface area contributed by atoms with Crippen LogP contribution in [0.5, 0.6) is 0 Å². The molecule has 0 bridgehead atoms. The fourth-order valence-corrected chi connectivity index (χ4v) is 1.27. The minimum Gasteiger partial charge on any atom is -0.481 e. The van der Waals surface area contributed by atoms with Crippen molar-refractivity contribution in [2.24, 2.45) is 0 Å². The van der Waals surface area contributed by atoms with Crippen LogP contribution in [0.15, 0.2) is 10.7 Å². The van der Waals surface area contributed by atoms with E-state index in [0.717, 1.165) is 16.2 Å². The maximum Gasteiger partial charge on any atom is 0.307 e. The van der Waals surface area contributed by atoms with Crippen LogP contribution in [0.1, 0.15) is 19.4 Å². The van der Waals surface area contributed by atoms with Crippen LogP contribution in [-0.2, 0) is 11.2 Å². The molecule has 0 saturated carbocycles. The molecule has 3 nitrogen and oxygen atoms in total. The molecule has 0 aromatic carbocycles. The Hall–Kier alpha value is -1.51. The molecule has 13 heavy (non-hydrogen) atoms. The van der Waals surface area contributed by atoms with Gasteiger partial charge in [0.1, 0.15) is 5.42 Å². The third-order valence-electron chi connectivity index (χ3n) is 1.83. The summed E-state index contributed by atoms with van der Waals surface area (Å²) < 4.78 is 5.19. The molecule has 1 aromatic heterocycles. The lowest BCUT2D eigenvalue weighted by atomic mass is 10.2. The topological polar surface area (TPSA) is 50.4 Å². The van der Waals surface area contributed by atoms with Crippen molar-refractivity contribution in [3.63, 3.8) is 0 Å². The summed E-state index contributed by atoms with van der Waals surface area (Å²) in [5.41, 5.74) is 1.46. The number of carboxylic acids is 1. The Bertz CT molecular complexity index is 412. The molecule has 0 spiro atoms. The Morgan fingerprint density at radius 3 is 2.69 bits per heavy atom. The van der Waals surface area contributed by atoms with E-state index in [0.29, 0.717) is 0 Å². The Labute approximate surface area is 76.0 Å². The Kier molecular flexibility index (Phi) is 2.90. The highest BCUT2D eigenvalue weighted by Gasteiger charge is 2.04. The van der Waals surface area contributed by atoms with Gasteiger partial charge in [-0.15, -0.1) is 0 Å². The van der Waals surface area contributed by atoms with Gasteiger partial charge in [0.25, 0.3) is 0 Å². The predicted molar refractivity (Wildman–Crippen MR) is 49.6 cm³/mol. The van der Waals surface area contributed by atoms with Gasteiger partial charge in [0.15, 0.2) is 0 Å². The molecule has 0 fully saturated rings. The Morgan fingerprint density at radius 2 is 2.23 bits per heavy atom. The summed E-state index contributed by atoms with van der Waals surface area (Å²) in [5.74, 6) is -0.841. The lowest BCUT2D eigenvalue weighted by molar-refractivity contribution is -0.136. The molecule has 1 aromatic rings. The van der Waals surface area contributed by atoms with Gasteiger partial charge in [0, 0.05) is 10.8 Å². The fraction of sp³-hybridized carbons (Fsp3) is 0.300. The van der Waals surface area contributed by atoms with Gasteiger partial charge >= 0.3 is 5.97 Å². The Morgan fingerprint density at radius 1 is 1.54 bits per heavy atom. The van der Waals surface area contributed by atoms with Crippen LogP contribution in [0.3, 0.4) is 0 Å². The SMILES string of the molecule is CC=c1occ(CC(=O)O)c1=CC. The van der Waals surface area contributed by atoms with Gasteiger partial charge in [-0.05, 0) is 19.9 Å². The van der Waals surface area contributed by atoms with Crippen LogP contribution in [0.25, 0.3) is 12.2 Å². The fourth-order valence-electron chi connectivity index (χ4n) is 1.27. The monoisotopic (exact) mass is 180 g/mol. The van der Waals surface area contributed by atoms with Crippen molar-refractivity contribution in [3.05, 3.63) is 22.5 Å². The van der Waals surface area contributed by atoms with E-state index in [9.17, 15) is 4.79 Å². The van der Waals surface area contributed by atoms with Crippen molar-refractivity contribution in [3.8, 4) is 0 Å². The lowest BCUT2D eigenvalue weighted by Crippen LogP contribution is -2.23. The van der Waals surface area contributed by atoms with Gasteiger partial charge in [0.05, 0.1) is 12.7 Å². The van der Waals surface area contributed by atoms with Crippen LogP contribution in [0, 0.1) is 0 Å². The van der Waals surface area contributed by atoms with Crippen molar-refractivity contribution in [2.45, 2.75) is 20.3 Å². The van der Waals surface area contributed by atoms with E-state index < -0.39 is 5.97 Å². The molecule has 0 atom stereocenters. The number of hydrogen-bond acceptors (Lipinski definition) is 2. The van der Waals surface area contributed by atoms with E-state index in [-0.39, 0.29) is 6.42 Å². The van der Waals surface area contributed by atoms with Crippen molar-refractivity contribution in [1.82, 2.24) is 0 Å². The second kappa shape index (κ2) is 3.94. The largest absolute Gasteiger partial charge is 0.481 e. The zero-order valence-electron chi connectivity index (χ0n) is 7.70. The highest BCUT2D eigenvalue weighted by Crippen LogP contribution is 1.91. The molecule has 0 aliphatic heterocycles. The smallest absolute Gasteiger partial charge is 0.307 e. The van der Waals surface area contributed by atoms with Crippen molar-refractivity contribution in [1.29, 1.82) is 0 Å². The van der Waals surface area contributed by atoms with Gasteiger partial charge in [-0.25, -0.2) is 0 Å². The summed E-state index contributed by atoms with van der Waals surface area (Å²) in [5, 5.41) is 9.48. The van der Waals surface area contributed by atoms with Crippen LogP contribution >= 0.6 is 0 Å². The van der Waals surface area contributed by atoms with Crippen LogP contribution < -0.4 is 10.6 Å². The molecule has 0 aliphatic carbocycles. The van der Waals surface area contributed by atoms with E-state index >= 15 is 0 Å². The number of aliphatic carboxylic acids is 1. The number of furan rings is 1. The second-order valence-electron chi connectivity index (χ2n) is 2.69. The van der Waals surface area contributed by atoms with Crippen molar-refractivity contribution < 1.29 is 14.3 Å². The lowest BCUT2D eigenvalue weighted by Gasteiger charge is -1.87. The van der Waals surface area contributed by atoms with Gasteiger partial charge in [-0.1, -0.05) is 6.08 Å². The summed E-state index contributed by atoms with van der Waals surface area (Å²) in [6.45, 7) is 3.72. The van der Waals surface area contributed by atoms with Gasteiger partial charge < -0.3 is 9.52 Å². The number of carboxylic acid groups (broad SMARTS) is 1. The first-order valence-electron chi connectivity index (χ1n) is 4.10. The van der Waals surface area contributed by atoms with Crippen LogP contribution in [0.2, 0.25) is 0 Å². The van der Waals surface area contributed by atoms with Crippen molar-refractivity contribution >= 4 is 18.1 Å². The van der Waals surface area contributed by atoms with E-state index in [4.69, 9.17) is 9.52 Å². The maximum atomic E-state index is 10.5. The molecular weight excluding hydrogens is 168 g/mol. The molecule has 0 radical (unpaired) electrons. The molecule has 0 unspecified atom stereocenters. The number of hydrogen-bond donors (Lipinski definition) is 1. The van der Waals surface area contributed by atoms with Crippen LogP contribution in [0.4, 0.5) is 0 Å². The summed E-state index contributed by atoms with van der Waals surface area (Å²) in [4.78, 5) is 10.5. The second-order valence-corrected chi connectivity index (χ2v) is 2.69.